The fraction of sp³-hybridized carbons (Fsp3) is 0. The first kappa shape index (κ1) is 9.37. The Kier molecular flexibility index (Phi) is 2.14. The minimum atomic E-state index is -1.92. The predicted octanol–water partition coefficient (Wildman–Crippen LogP) is 1.51. The van der Waals surface area contributed by atoms with Gasteiger partial charge in [-0.05, 0) is 0 Å². The highest BCUT2D eigenvalue weighted by Crippen LogP contribution is 2.24. The van der Waals surface area contributed by atoms with Crippen LogP contribution >= 0.6 is 0 Å². The molecule has 0 saturated carbocycles. The quantitative estimate of drug-likeness (QED) is 0.663. The van der Waals surface area contributed by atoms with Crippen molar-refractivity contribution in [2.75, 3.05) is 0 Å². The van der Waals surface area contributed by atoms with Crippen LogP contribution in [0.4, 0.5) is 13.2 Å². The van der Waals surface area contributed by atoms with E-state index >= 15 is 0 Å². The van der Waals surface area contributed by atoms with Crippen molar-refractivity contribution < 1.29 is 28.2 Å². The van der Waals surface area contributed by atoms with Gasteiger partial charge in [0.15, 0.2) is 17.5 Å². The molecule has 1 aromatic carbocycles. The first-order valence-corrected chi connectivity index (χ1v) is 3.05. The smallest absolute Gasteiger partial charge is 0.342 e. The van der Waals surface area contributed by atoms with E-state index in [1.54, 1.807) is 0 Å². The summed E-state index contributed by atoms with van der Waals surface area (Å²) in [6.45, 7) is 0. The summed E-state index contributed by atoms with van der Waals surface area (Å²) in [5, 5.41) is 17.0. The molecule has 0 radical (unpaired) electrons. The van der Waals surface area contributed by atoms with Crippen LogP contribution < -0.4 is 0 Å². The molecule has 0 bridgehead atoms. The van der Waals surface area contributed by atoms with E-state index in [-0.39, 0.29) is 6.07 Å². The molecule has 2 N–H and O–H groups in total. The predicted molar refractivity (Wildman–Crippen MR) is 34.9 cm³/mol. The van der Waals surface area contributed by atoms with Crippen molar-refractivity contribution in [3.63, 3.8) is 0 Å². The summed E-state index contributed by atoms with van der Waals surface area (Å²) in [6.07, 6.45) is 0. The summed E-state index contributed by atoms with van der Waals surface area (Å²) in [5.74, 6) is -8.49. The molecule has 0 atom stereocenters. The molecule has 0 heterocycles. The first-order valence-electron chi connectivity index (χ1n) is 3.05. The van der Waals surface area contributed by atoms with E-state index in [4.69, 9.17) is 10.2 Å². The lowest BCUT2D eigenvalue weighted by Gasteiger charge is -2.02. The van der Waals surface area contributed by atoms with E-state index in [0.717, 1.165) is 0 Å². The van der Waals surface area contributed by atoms with Gasteiger partial charge < -0.3 is 10.2 Å². The van der Waals surface area contributed by atoms with Gasteiger partial charge in [-0.1, -0.05) is 0 Å². The van der Waals surface area contributed by atoms with E-state index < -0.39 is 34.7 Å². The van der Waals surface area contributed by atoms with Gasteiger partial charge in [-0.2, -0.15) is 0 Å². The number of halogens is 3. The monoisotopic (exact) mass is 192 g/mol. The fourth-order valence-corrected chi connectivity index (χ4v) is 0.786. The van der Waals surface area contributed by atoms with Crippen molar-refractivity contribution in [3.05, 3.63) is 29.1 Å². The van der Waals surface area contributed by atoms with Gasteiger partial charge in [0.05, 0.1) is 0 Å². The van der Waals surface area contributed by atoms with Gasteiger partial charge in [-0.3, -0.25) is 0 Å². The van der Waals surface area contributed by atoms with Crippen molar-refractivity contribution in [1.82, 2.24) is 0 Å². The zero-order valence-corrected chi connectivity index (χ0v) is 6.01. The highest BCUT2D eigenvalue weighted by atomic mass is 19.2. The Morgan fingerprint density at radius 3 is 2.23 bits per heavy atom. The van der Waals surface area contributed by atoms with Gasteiger partial charge >= 0.3 is 5.97 Å². The topological polar surface area (TPSA) is 57.5 Å². The SMILES string of the molecule is O=C(O)c1c(O)cc(F)c(F)c1F. The molecule has 1 aromatic rings. The summed E-state index contributed by atoms with van der Waals surface area (Å²) >= 11 is 0. The molecule has 0 aliphatic rings. The maximum Gasteiger partial charge on any atom is 0.342 e. The lowest BCUT2D eigenvalue weighted by molar-refractivity contribution is 0.0687. The Bertz CT molecular complexity index is 376. The minimum Gasteiger partial charge on any atom is -0.507 e. The van der Waals surface area contributed by atoms with Crippen LogP contribution in [0, 0.1) is 17.5 Å². The number of carboxylic acid groups (broad SMARTS) is 1. The van der Waals surface area contributed by atoms with Gasteiger partial charge in [0, 0.05) is 6.07 Å². The van der Waals surface area contributed by atoms with E-state index in [9.17, 15) is 18.0 Å². The van der Waals surface area contributed by atoms with Crippen molar-refractivity contribution in [2.45, 2.75) is 0 Å². The van der Waals surface area contributed by atoms with Gasteiger partial charge in [0.1, 0.15) is 11.3 Å². The van der Waals surface area contributed by atoms with Crippen LogP contribution in [0.5, 0.6) is 5.75 Å². The maximum atomic E-state index is 12.6. The van der Waals surface area contributed by atoms with E-state index in [0.29, 0.717) is 0 Å². The molecule has 0 aliphatic carbocycles. The fourth-order valence-electron chi connectivity index (χ4n) is 0.786. The van der Waals surface area contributed by atoms with Crippen LogP contribution in [-0.4, -0.2) is 16.2 Å². The second-order valence-electron chi connectivity index (χ2n) is 2.19. The van der Waals surface area contributed by atoms with Crippen LogP contribution in [0.2, 0.25) is 0 Å². The number of carbonyl (C=O) groups is 1. The van der Waals surface area contributed by atoms with Crippen molar-refractivity contribution >= 4 is 5.97 Å². The van der Waals surface area contributed by atoms with E-state index in [1.807, 2.05) is 0 Å². The molecule has 3 nitrogen and oxygen atoms in total. The number of aromatic carboxylic acids is 1. The van der Waals surface area contributed by atoms with E-state index in [2.05, 4.69) is 0 Å². The van der Waals surface area contributed by atoms with Crippen molar-refractivity contribution in [3.8, 4) is 5.75 Å². The van der Waals surface area contributed by atoms with Crippen LogP contribution in [-0.2, 0) is 0 Å². The highest BCUT2D eigenvalue weighted by molar-refractivity contribution is 5.91. The summed E-state index contributed by atoms with van der Waals surface area (Å²) in [5.41, 5.74) is -1.28. The average molecular weight is 192 g/mol. The first-order chi connectivity index (χ1) is 5.95. The Morgan fingerprint density at radius 2 is 1.77 bits per heavy atom. The Labute approximate surface area is 70.0 Å². The second kappa shape index (κ2) is 2.96. The van der Waals surface area contributed by atoms with Gasteiger partial charge in [0.2, 0.25) is 0 Å². The molecule has 13 heavy (non-hydrogen) atoms. The molecule has 0 aromatic heterocycles. The number of benzene rings is 1. The Hall–Kier alpha value is -1.72. The molecule has 0 spiro atoms. The molecule has 0 fully saturated rings. The summed E-state index contributed by atoms with van der Waals surface area (Å²) in [4.78, 5) is 10.2. The minimum absolute atomic E-state index is 0.196. The molecular formula is C7H3F3O3. The zero-order valence-electron chi connectivity index (χ0n) is 6.01. The zero-order chi connectivity index (χ0) is 10.2. The standard InChI is InChI=1S/C7H3F3O3/c8-2-1-3(11)4(7(12)13)6(10)5(2)9/h1,11H,(H,12,13). The molecule has 0 aliphatic heterocycles. The largest absolute Gasteiger partial charge is 0.507 e. The van der Waals surface area contributed by atoms with Gasteiger partial charge in [-0.15, -0.1) is 0 Å². The summed E-state index contributed by atoms with van der Waals surface area (Å²) in [6, 6.07) is 0.196. The number of rotatable bonds is 1. The van der Waals surface area contributed by atoms with Crippen molar-refractivity contribution in [2.24, 2.45) is 0 Å². The normalized spacial score (nSPS) is 10.1. The summed E-state index contributed by atoms with van der Waals surface area (Å²) in [7, 11) is 0. The van der Waals surface area contributed by atoms with E-state index in [1.165, 1.54) is 0 Å². The molecular weight excluding hydrogens is 189 g/mol. The third kappa shape index (κ3) is 1.42. The molecule has 0 amide bonds. The highest BCUT2D eigenvalue weighted by Gasteiger charge is 2.23. The van der Waals surface area contributed by atoms with Crippen LogP contribution in [0.1, 0.15) is 10.4 Å². The maximum absolute atomic E-state index is 12.6. The van der Waals surface area contributed by atoms with Crippen molar-refractivity contribution in [1.29, 1.82) is 0 Å². The van der Waals surface area contributed by atoms with Crippen LogP contribution in [0.15, 0.2) is 6.07 Å². The third-order valence-electron chi connectivity index (χ3n) is 1.36. The number of carboxylic acids is 1. The average Bonchev–Trinajstić information content (AvgIpc) is 1.99. The lowest BCUT2D eigenvalue weighted by atomic mass is 10.2. The molecule has 0 unspecified atom stereocenters. The van der Waals surface area contributed by atoms with Gasteiger partial charge in [-0.25, -0.2) is 18.0 Å². The molecule has 0 saturated heterocycles. The third-order valence-corrected chi connectivity index (χ3v) is 1.36. The second-order valence-corrected chi connectivity index (χ2v) is 2.19. The van der Waals surface area contributed by atoms with Crippen LogP contribution in [0.3, 0.4) is 0 Å². The summed E-state index contributed by atoms with van der Waals surface area (Å²) < 4.78 is 37.3. The Balaban J connectivity index is 3.53. The molecule has 1 rings (SSSR count). The number of hydrogen-bond donors (Lipinski definition) is 2. The molecule has 6 heteroatoms. The number of aromatic hydroxyl groups is 1. The van der Waals surface area contributed by atoms with Gasteiger partial charge in [0.25, 0.3) is 0 Å². The van der Waals surface area contributed by atoms with Crippen LogP contribution in [0.25, 0.3) is 0 Å². The Morgan fingerprint density at radius 1 is 1.23 bits per heavy atom. The lowest BCUT2D eigenvalue weighted by Crippen LogP contribution is -2.05. The number of hydrogen-bond acceptors (Lipinski definition) is 2. The number of phenols is 1. The molecule has 70 valence electrons.